The number of carbonyl (C=O) groups is 1. The molecule has 2 aromatic heterocycles. The standard InChI is InChI=1S/C23H26N6O5S/c1-32-16-12-29-22(34-13-16)19(11-26-29)35(24,31)28-23(30)27-21-17-5-3-4-14(17)6-7-18(21)15-8-9-25-20(10-15)33-2/h6-11,16H,3-5,12-13H2,1-2H3,(H3,24,27,28,30,31)/t16-,35-/m0/s1. The number of nitrogens with two attached hydrogens (primary N) is 1. The summed E-state index contributed by atoms with van der Waals surface area (Å²) in [7, 11) is -0.501. The highest BCUT2D eigenvalue weighted by Crippen LogP contribution is 2.38. The number of rotatable bonds is 5. The van der Waals surface area contributed by atoms with Crippen LogP contribution in [0.3, 0.4) is 0 Å². The van der Waals surface area contributed by atoms with Crippen molar-refractivity contribution in [3.05, 3.63) is 47.8 Å². The third-order valence-corrected chi connectivity index (χ3v) is 7.53. The maximum absolute atomic E-state index is 13.3. The first-order valence-electron chi connectivity index (χ1n) is 11.1. The number of nitrogens with one attached hydrogen (secondary N) is 1. The van der Waals surface area contributed by atoms with E-state index in [1.807, 2.05) is 12.1 Å². The van der Waals surface area contributed by atoms with Crippen molar-refractivity contribution >= 4 is 21.6 Å². The van der Waals surface area contributed by atoms with Crippen LogP contribution in [0.15, 0.2) is 45.9 Å². The van der Waals surface area contributed by atoms with Crippen molar-refractivity contribution in [1.29, 1.82) is 0 Å². The predicted molar refractivity (Wildman–Crippen MR) is 129 cm³/mol. The first kappa shape index (κ1) is 23.3. The Labute approximate surface area is 202 Å². The van der Waals surface area contributed by atoms with E-state index in [2.05, 4.69) is 25.8 Å². The summed E-state index contributed by atoms with van der Waals surface area (Å²) < 4.78 is 34.8. The summed E-state index contributed by atoms with van der Waals surface area (Å²) in [6.45, 7) is 0.675. The Morgan fingerprint density at radius 3 is 2.97 bits per heavy atom. The van der Waals surface area contributed by atoms with E-state index in [-0.39, 0.29) is 23.5 Å². The number of hydrogen-bond acceptors (Lipinski definition) is 7. The molecule has 0 saturated carbocycles. The third-order valence-electron chi connectivity index (χ3n) is 6.18. The van der Waals surface area contributed by atoms with Crippen LogP contribution >= 0.6 is 0 Å². The Balaban J connectivity index is 1.49. The number of fused-ring (bicyclic) bond motifs is 2. The molecule has 1 aliphatic heterocycles. The van der Waals surface area contributed by atoms with Crippen molar-refractivity contribution < 1.29 is 23.2 Å². The molecule has 5 rings (SSSR count). The highest BCUT2D eigenvalue weighted by Gasteiger charge is 2.28. The normalized spacial score (nSPS) is 18.1. The summed E-state index contributed by atoms with van der Waals surface area (Å²) in [5, 5.41) is 13.1. The molecule has 12 heteroatoms. The summed E-state index contributed by atoms with van der Waals surface area (Å²) in [5.74, 6) is 0.684. The second-order valence-corrected chi connectivity index (χ2v) is 10.1. The van der Waals surface area contributed by atoms with Crippen molar-refractivity contribution in [1.82, 2.24) is 14.8 Å². The molecule has 11 nitrogen and oxygen atoms in total. The van der Waals surface area contributed by atoms with Crippen LogP contribution in [0.2, 0.25) is 0 Å². The Morgan fingerprint density at radius 2 is 2.17 bits per heavy atom. The van der Waals surface area contributed by atoms with Crippen molar-refractivity contribution in [2.75, 3.05) is 26.1 Å². The number of pyridine rings is 1. The van der Waals surface area contributed by atoms with Gasteiger partial charge in [0, 0.05) is 24.9 Å². The molecule has 0 radical (unpaired) electrons. The maximum Gasteiger partial charge on any atom is 0.354 e. The highest BCUT2D eigenvalue weighted by molar-refractivity contribution is 7.91. The van der Waals surface area contributed by atoms with Crippen molar-refractivity contribution in [3.8, 4) is 22.9 Å². The van der Waals surface area contributed by atoms with Crippen molar-refractivity contribution in [2.45, 2.75) is 36.8 Å². The first-order chi connectivity index (χ1) is 16.9. The lowest BCUT2D eigenvalue weighted by Crippen LogP contribution is -2.32. The fourth-order valence-electron chi connectivity index (χ4n) is 4.43. The van der Waals surface area contributed by atoms with E-state index < -0.39 is 15.9 Å². The zero-order valence-corrected chi connectivity index (χ0v) is 20.2. The number of methoxy groups -OCH3 is 2. The van der Waals surface area contributed by atoms with E-state index in [1.54, 1.807) is 26.5 Å². The lowest BCUT2D eigenvalue weighted by atomic mass is 9.98. The molecule has 0 bridgehead atoms. The number of urea groups is 1. The topological polar surface area (TPSA) is 143 Å². The van der Waals surface area contributed by atoms with Gasteiger partial charge in [-0.3, -0.25) is 0 Å². The smallest absolute Gasteiger partial charge is 0.354 e. The second kappa shape index (κ2) is 9.29. The number of anilines is 1. The van der Waals surface area contributed by atoms with Crippen LogP contribution in [-0.2, 0) is 34.0 Å². The van der Waals surface area contributed by atoms with Crippen molar-refractivity contribution in [3.63, 3.8) is 0 Å². The van der Waals surface area contributed by atoms with Gasteiger partial charge in [-0.25, -0.2) is 23.8 Å². The molecular formula is C23H26N6O5S. The van der Waals surface area contributed by atoms with Crippen LogP contribution in [-0.4, -0.2) is 51.9 Å². The van der Waals surface area contributed by atoms with Gasteiger partial charge < -0.3 is 19.5 Å². The van der Waals surface area contributed by atoms with E-state index in [0.717, 1.165) is 41.5 Å². The van der Waals surface area contributed by atoms with Crippen LogP contribution < -0.4 is 19.9 Å². The van der Waals surface area contributed by atoms with Gasteiger partial charge in [0.1, 0.15) is 17.6 Å². The summed E-state index contributed by atoms with van der Waals surface area (Å²) >= 11 is 0. The number of ether oxygens (including phenoxy) is 3. The maximum atomic E-state index is 13.3. The fraction of sp³-hybridized carbons (Fsp3) is 0.348. The van der Waals surface area contributed by atoms with Crippen LogP contribution in [0.25, 0.3) is 11.1 Å². The van der Waals surface area contributed by atoms with E-state index in [0.29, 0.717) is 18.1 Å². The van der Waals surface area contributed by atoms with Crippen molar-refractivity contribution in [2.24, 2.45) is 9.50 Å². The van der Waals surface area contributed by atoms with Crippen LogP contribution in [0.4, 0.5) is 10.5 Å². The monoisotopic (exact) mass is 498 g/mol. The van der Waals surface area contributed by atoms with Gasteiger partial charge in [-0.2, -0.15) is 5.10 Å². The van der Waals surface area contributed by atoms with E-state index >= 15 is 0 Å². The minimum atomic E-state index is -3.62. The Kier molecular flexibility index (Phi) is 6.17. The fourth-order valence-corrected chi connectivity index (χ4v) is 5.44. The van der Waals surface area contributed by atoms with Gasteiger partial charge in [0.25, 0.3) is 0 Å². The number of nitrogens with zero attached hydrogens (tertiary/aromatic N) is 4. The van der Waals surface area contributed by atoms with Gasteiger partial charge in [0.15, 0.2) is 9.92 Å². The summed E-state index contributed by atoms with van der Waals surface area (Å²) in [4.78, 5) is 17.3. The lowest BCUT2D eigenvalue weighted by Gasteiger charge is -2.23. The highest BCUT2D eigenvalue weighted by atomic mass is 32.2. The zero-order valence-electron chi connectivity index (χ0n) is 19.4. The third kappa shape index (κ3) is 4.47. The minimum Gasteiger partial charge on any atom is -0.481 e. The number of aryl methyl sites for hydroxylation is 1. The largest absolute Gasteiger partial charge is 0.481 e. The molecule has 35 heavy (non-hydrogen) atoms. The Morgan fingerprint density at radius 1 is 1.31 bits per heavy atom. The molecular weight excluding hydrogens is 472 g/mol. The molecule has 2 atom stereocenters. The quantitative estimate of drug-likeness (QED) is 0.550. The number of benzene rings is 1. The van der Waals surface area contributed by atoms with E-state index in [1.165, 1.54) is 10.9 Å². The summed E-state index contributed by atoms with van der Waals surface area (Å²) in [6, 6.07) is 6.82. The Hall–Kier alpha value is -3.48. The first-order valence-corrected chi connectivity index (χ1v) is 12.7. The molecule has 1 aromatic carbocycles. The molecule has 3 N–H and O–H groups in total. The summed E-state index contributed by atoms with van der Waals surface area (Å²) in [6.07, 6.45) is 5.49. The SMILES string of the molecule is COc1cc(-c2ccc3c(c2NC(=O)N=[S@](N)(=O)c2cnn4c2OC[C@@H](OC)C4)CCC3)ccn1. The lowest BCUT2D eigenvalue weighted by molar-refractivity contribution is 0.0165. The summed E-state index contributed by atoms with van der Waals surface area (Å²) in [5.41, 5.74) is 4.42. The molecule has 0 spiro atoms. The molecule has 0 saturated heterocycles. The molecule has 0 fully saturated rings. The van der Waals surface area contributed by atoms with E-state index in [4.69, 9.17) is 19.3 Å². The molecule has 1 aliphatic carbocycles. The molecule has 0 unspecified atom stereocenters. The number of amides is 2. The number of hydrogen-bond donors (Lipinski definition) is 2. The minimum absolute atomic E-state index is 0.0691. The molecule has 2 aliphatic rings. The van der Waals surface area contributed by atoms with Crippen LogP contribution in [0, 0.1) is 0 Å². The second-order valence-electron chi connectivity index (χ2n) is 8.32. The zero-order chi connectivity index (χ0) is 24.6. The number of aromatic nitrogens is 3. The molecule has 3 aromatic rings. The average Bonchev–Trinajstić information content (AvgIpc) is 3.51. The predicted octanol–water partition coefficient (Wildman–Crippen LogP) is 2.78. The van der Waals surface area contributed by atoms with Gasteiger partial charge in [0.2, 0.25) is 11.8 Å². The average molecular weight is 499 g/mol. The van der Waals surface area contributed by atoms with Gasteiger partial charge in [-0.15, -0.1) is 4.36 Å². The van der Waals surface area contributed by atoms with E-state index in [9.17, 15) is 9.00 Å². The number of carbonyl (C=O) groups excluding carboxylic acids is 1. The Bertz CT molecular complexity index is 1410. The van der Waals surface area contributed by atoms with Gasteiger partial charge in [-0.05, 0) is 42.0 Å². The molecule has 2 amide bonds. The van der Waals surface area contributed by atoms with Crippen LogP contribution in [0.1, 0.15) is 17.5 Å². The molecule has 184 valence electrons. The molecule has 3 heterocycles. The van der Waals surface area contributed by atoms with Gasteiger partial charge in [0.05, 0.1) is 25.5 Å². The van der Waals surface area contributed by atoms with Gasteiger partial charge >= 0.3 is 6.03 Å². The van der Waals surface area contributed by atoms with Gasteiger partial charge in [-0.1, -0.05) is 12.1 Å². The van der Waals surface area contributed by atoms with Crippen LogP contribution in [0.5, 0.6) is 11.8 Å².